The highest BCUT2D eigenvalue weighted by Crippen LogP contribution is 2.19. The SMILES string of the molecule is Cc1ccc(CN2CCn3nnc(CCC(=O)N4CCOCC4)c3C2)cc1C. The molecule has 0 unspecified atom stereocenters. The van der Waals surface area contributed by atoms with E-state index >= 15 is 0 Å². The number of benzene rings is 1. The second-order valence-corrected chi connectivity index (χ2v) is 7.83. The number of rotatable bonds is 5. The van der Waals surface area contributed by atoms with Crippen LogP contribution in [0.25, 0.3) is 0 Å². The molecule has 1 amide bonds. The molecule has 2 aromatic rings. The molecule has 2 aliphatic rings. The highest BCUT2D eigenvalue weighted by molar-refractivity contribution is 5.76. The number of carbonyl (C=O) groups is 1. The van der Waals surface area contributed by atoms with Gasteiger partial charge in [-0.05, 0) is 30.5 Å². The number of morpholine rings is 1. The molecule has 0 spiro atoms. The lowest BCUT2D eigenvalue weighted by atomic mass is 10.1. The second-order valence-electron chi connectivity index (χ2n) is 7.83. The van der Waals surface area contributed by atoms with Gasteiger partial charge in [0.25, 0.3) is 0 Å². The normalized spacial score (nSPS) is 17.6. The summed E-state index contributed by atoms with van der Waals surface area (Å²) in [6.07, 6.45) is 1.14. The van der Waals surface area contributed by atoms with E-state index in [1.807, 2.05) is 9.58 Å². The summed E-state index contributed by atoms with van der Waals surface area (Å²) in [6, 6.07) is 6.69. The summed E-state index contributed by atoms with van der Waals surface area (Å²) in [5.41, 5.74) is 6.13. The lowest BCUT2D eigenvalue weighted by molar-refractivity contribution is -0.135. The standard InChI is InChI=1S/C21H29N5O2/c1-16-3-4-18(13-17(16)2)14-24-7-8-26-20(15-24)19(22-23-26)5-6-21(27)25-9-11-28-12-10-25/h3-4,13H,5-12,14-15H2,1-2H3. The van der Waals surface area contributed by atoms with Gasteiger partial charge in [-0.25, -0.2) is 4.68 Å². The van der Waals surface area contributed by atoms with Crippen LogP contribution in [0.15, 0.2) is 18.2 Å². The molecule has 0 bridgehead atoms. The first kappa shape index (κ1) is 19.1. The Labute approximate surface area is 166 Å². The van der Waals surface area contributed by atoms with Gasteiger partial charge in [-0.3, -0.25) is 9.69 Å². The number of hydrogen-bond acceptors (Lipinski definition) is 5. The molecule has 0 saturated carbocycles. The largest absolute Gasteiger partial charge is 0.378 e. The first-order valence-electron chi connectivity index (χ1n) is 10.2. The highest BCUT2D eigenvalue weighted by atomic mass is 16.5. The molecule has 2 aliphatic heterocycles. The first-order valence-corrected chi connectivity index (χ1v) is 10.2. The van der Waals surface area contributed by atoms with Gasteiger partial charge in [-0.15, -0.1) is 5.10 Å². The third-order valence-corrected chi connectivity index (χ3v) is 5.84. The maximum atomic E-state index is 12.4. The van der Waals surface area contributed by atoms with Gasteiger partial charge in [0.05, 0.1) is 31.1 Å². The van der Waals surface area contributed by atoms with Crippen molar-refractivity contribution < 1.29 is 9.53 Å². The topological polar surface area (TPSA) is 63.5 Å². The maximum Gasteiger partial charge on any atom is 0.223 e. The Morgan fingerprint density at radius 2 is 1.93 bits per heavy atom. The maximum absolute atomic E-state index is 12.4. The molecule has 150 valence electrons. The fourth-order valence-corrected chi connectivity index (χ4v) is 3.93. The Kier molecular flexibility index (Phi) is 5.73. The van der Waals surface area contributed by atoms with Crippen LogP contribution in [0.3, 0.4) is 0 Å². The smallest absolute Gasteiger partial charge is 0.223 e. The molecule has 1 saturated heterocycles. The Balaban J connectivity index is 1.37. The number of fused-ring (bicyclic) bond motifs is 1. The van der Waals surface area contributed by atoms with Gasteiger partial charge in [0.2, 0.25) is 5.91 Å². The van der Waals surface area contributed by atoms with E-state index in [4.69, 9.17) is 4.74 Å². The van der Waals surface area contributed by atoms with Crippen LogP contribution in [-0.2, 0) is 35.6 Å². The van der Waals surface area contributed by atoms with E-state index in [1.165, 1.54) is 16.7 Å². The van der Waals surface area contributed by atoms with E-state index in [0.29, 0.717) is 39.1 Å². The van der Waals surface area contributed by atoms with Crippen molar-refractivity contribution in [2.75, 3.05) is 32.8 Å². The number of ether oxygens (including phenoxy) is 1. The van der Waals surface area contributed by atoms with Crippen molar-refractivity contribution in [3.63, 3.8) is 0 Å². The zero-order chi connectivity index (χ0) is 19.5. The molecule has 7 nitrogen and oxygen atoms in total. The van der Waals surface area contributed by atoms with Crippen molar-refractivity contribution in [2.24, 2.45) is 0 Å². The van der Waals surface area contributed by atoms with Gasteiger partial charge in [-0.2, -0.15) is 0 Å². The van der Waals surface area contributed by atoms with E-state index in [9.17, 15) is 4.79 Å². The molecule has 0 N–H and O–H groups in total. The van der Waals surface area contributed by atoms with Gasteiger partial charge >= 0.3 is 0 Å². The molecule has 1 aromatic carbocycles. The predicted molar refractivity (Wildman–Crippen MR) is 106 cm³/mol. The van der Waals surface area contributed by atoms with E-state index in [-0.39, 0.29) is 5.91 Å². The Morgan fingerprint density at radius 1 is 1.11 bits per heavy atom. The van der Waals surface area contributed by atoms with Crippen LogP contribution in [-0.4, -0.2) is 63.5 Å². The summed E-state index contributed by atoms with van der Waals surface area (Å²) >= 11 is 0. The molecule has 0 radical (unpaired) electrons. The average Bonchev–Trinajstić information content (AvgIpc) is 3.12. The number of amides is 1. The number of nitrogens with zero attached hydrogens (tertiary/aromatic N) is 5. The summed E-state index contributed by atoms with van der Waals surface area (Å²) in [5.74, 6) is 0.188. The second kappa shape index (κ2) is 8.41. The fraction of sp³-hybridized carbons (Fsp3) is 0.571. The lowest BCUT2D eigenvalue weighted by Gasteiger charge is -2.28. The van der Waals surface area contributed by atoms with Crippen LogP contribution in [0.4, 0.5) is 0 Å². The Morgan fingerprint density at radius 3 is 2.71 bits per heavy atom. The van der Waals surface area contributed by atoms with E-state index in [2.05, 4.69) is 47.3 Å². The fourth-order valence-electron chi connectivity index (χ4n) is 3.93. The molecule has 1 aromatic heterocycles. The zero-order valence-electron chi connectivity index (χ0n) is 16.9. The molecule has 7 heteroatoms. The molecule has 0 atom stereocenters. The molecule has 1 fully saturated rings. The lowest BCUT2D eigenvalue weighted by Crippen LogP contribution is -2.40. The minimum atomic E-state index is 0.188. The molecule has 28 heavy (non-hydrogen) atoms. The molecule has 4 rings (SSSR count). The number of aryl methyl sites for hydroxylation is 3. The van der Waals surface area contributed by atoms with Gasteiger partial charge in [0.1, 0.15) is 0 Å². The van der Waals surface area contributed by atoms with Gasteiger partial charge < -0.3 is 9.64 Å². The molecule has 3 heterocycles. The van der Waals surface area contributed by atoms with Gasteiger partial charge in [-0.1, -0.05) is 23.4 Å². The molecular weight excluding hydrogens is 354 g/mol. The summed E-state index contributed by atoms with van der Waals surface area (Å²) in [5, 5.41) is 8.68. The van der Waals surface area contributed by atoms with Crippen molar-refractivity contribution in [2.45, 2.75) is 46.3 Å². The van der Waals surface area contributed by atoms with Crippen molar-refractivity contribution in [1.29, 1.82) is 0 Å². The summed E-state index contributed by atoms with van der Waals surface area (Å²) in [7, 11) is 0. The van der Waals surface area contributed by atoms with Crippen LogP contribution in [0.2, 0.25) is 0 Å². The zero-order valence-corrected chi connectivity index (χ0v) is 16.9. The summed E-state index contributed by atoms with van der Waals surface area (Å²) in [6.45, 7) is 10.6. The third kappa shape index (κ3) is 4.25. The van der Waals surface area contributed by atoms with E-state index < -0.39 is 0 Å². The summed E-state index contributed by atoms with van der Waals surface area (Å²) < 4.78 is 7.33. The van der Waals surface area contributed by atoms with Gasteiger partial charge in [0.15, 0.2) is 0 Å². The Bertz CT molecular complexity index is 841. The average molecular weight is 383 g/mol. The van der Waals surface area contributed by atoms with E-state index in [0.717, 1.165) is 37.6 Å². The van der Waals surface area contributed by atoms with Crippen molar-refractivity contribution in [3.8, 4) is 0 Å². The summed E-state index contributed by atoms with van der Waals surface area (Å²) in [4.78, 5) is 16.8. The number of aromatic nitrogens is 3. The van der Waals surface area contributed by atoms with Crippen LogP contribution >= 0.6 is 0 Å². The van der Waals surface area contributed by atoms with Gasteiger partial charge in [0, 0.05) is 45.6 Å². The van der Waals surface area contributed by atoms with Crippen LogP contribution in [0.5, 0.6) is 0 Å². The van der Waals surface area contributed by atoms with Crippen LogP contribution in [0, 0.1) is 13.8 Å². The third-order valence-electron chi connectivity index (χ3n) is 5.84. The van der Waals surface area contributed by atoms with Crippen LogP contribution in [0.1, 0.15) is 34.5 Å². The first-order chi connectivity index (χ1) is 13.6. The molecular formula is C21H29N5O2. The highest BCUT2D eigenvalue weighted by Gasteiger charge is 2.23. The number of carbonyl (C=O) groups excluding carboxylic acids is 1. The van der Waals surface area contributed by atoms with E-state index in [1.54, 1.807) is 0 Å². The molecule has 0 aliphatic carbocycles. The quantitative estimate of drug-likeness (QED) is 0.786. The predicted octanol–water partition coefficient (Wildman–Crippen LogP) is 1.70. The Hall–Kier alpha value is -2.25. The number of hydrogen-bond donors (Lipinski definition) is 0. The monoisotopic (exact) mass is 383 g/mol. The minimum absolute atomic E-state index is 0.188. The van der Waals surface area contributed by atoms with Crippen molar-refractivity contribution in [1.82, 2.24) is 24.8 Å². The van der Waals surface area contributed by atoms with Crippen molar-refractivity contribution in [3.05, 3.63) is 46.3 Å². The van der Waals surface area contributed by atoms with Crippen molar-refractivity contribution >= 4 is 5.91 Å². The minimum Gasteiger partial charge on any atom is -0.378 e. The van der Waals surface area contributed by atoms with Crippen LogP contribution < -0.4 is 0 Å².